The maximum Gasteiger partial charge on any atom is 0.301 e. The number of ketones is 1. The zero-order chi connectivity index (χ0) is 23.7. The van der Waals surface area contributed by atoms with Gasteiger partial charge in [0, 0.05) is 17.7 Å². The molecule has 0 unspecified atom stereocenters. The van der Waals surface area contributed by atoms with Crippen LogP contribution in [0.15, 0.2) is 54.1 Å². The largest absolute Gasteiger partial charge is 0.507 e. The second-order valence-electron chi connectivity index (χ2n) is 7.08. The summed E-state index contributed by atoms with van der Waals surface area (Å²) in [6.07, 6.45) is 0. The molecule has 1 saturated heterocycles. The lowest BCUT2D eigenvalue weighted by Crippen LogP contribution is -2.29. The molecule has 0 bridgehead atoms. The van der Waals surface area contributed by atoms with Crippen molar-refractivity contribution in [2.75, 3.05) is 11.5 Å². The standard InChI is InChI=1S/C22H18N4O6S/c1-3-32-16-10-6-14(7-11-16)19(27)17-18(13-4-8-15(9-5-13)26(30)31)25(21(29)20(17)28)22-24-23-12(2)33-22/h4-11,18,27H,3H2,1-2H3/t18-/m0/s1. The number of nitrogens with zero attached hydrogens (tertiary/aromatic N) is 4. The van der Waals surface area contributed by atoms with Crippen molar-refractivity contribution in [1.29, 1.82) is 0 Å². The Hall–Kier alpha value is -4.12. The van der Waals surface area contributed by atoms with Gasteiger partial charge in [0.25, 0.3) is 11.5 Å². The van der Waals surface area contributed by atoms with E-state index in [0.717, 1.165) is 16.2 Å². The third kappa shape index (κ3) is 4.05. The van der Waals surface area contributed by atoms with E-state index in [0.29, 0.717) is 28.5 Å². The monoisotopic (exact) mass is 466 g/mol. The highest BCUT2D eigenvalue weighted by Gasteiger charge is 2.48. The van der Waals surface area contributed by atoms with Crippen LogP contribution >= 0.6 is 11.3 Å². The Balaban J connectivity index is 1.87. The van der Waals surface area contributed by atoms with Crippen LogP contribution in [-0.4, -0.2) is 38.5 Å². The quantitative estimate of drug-likeness (QED) is 0.191. The highest BCUT2D eigenvalue weighted by atomic mass is 32.1. The summed E-state index contributed by atoms with van der Waals surface area (Å²) in [5.74, 6) is -1.55. The molecule has 1 N–H and O–H groups in total. The molecule has 1 amide bonds. The molecule has 0 saturated carbocycles. The van der Waals surface area contributed by atoms with Gasteiger partial charge in [-0.2, -0.15) is 0 Å². The number of aliphatic hydroxyl groups excluding tert-OH is 1. The summed E-state index contributed by atoms with van der Waals surface area (Å²) in [6, 6.07) is 10.8. The molecule has 1 aliphatic rings. The Bertz CT molecular complexity index is 1270. The van der Waals surface area contributed by atoms with E-state index in [9.17, 15) is 24.8 Å². The van der Waals surface area contributed by atoms with Crippen LogP contribution in [0.3, 0.4) is 0 Å². The van der Waals surface area contributed by atoms with Crippen molar-refractivity contribution < 1.29 is 24.4 Å². The Labute approximate surface area is 191 Å². The predicted molar refractivity (Wildman–Crippen MR) is 120 cm³/mol. The van der Waals surface area contributed by atoms with Crippen LogP contribution in [0.1, 0.15) is 29.1 Å². The number of carbonyl (C=O) groups excluding carboxylic acids is 2. The number of hydrogen-bond acceptors (Lipinski definition) is 9. The number of hydrogen-bond donors (Lipinski definition) is 1. The lowest BCUT2D eigenvalue weighted by Gasteiger charge is -2.22. The lowest BCUT2D eigenvalue weighted by molar-refractivity contribution is -0.384. The molecule has 11 heteroatoms. The van der Waals surface area contributed by atoms with Crippen LogP contribution in [0.5, 0.6) is 5.75 Å². The topological polar surface area (TPSA) is 136 Å². The Kier molecular flexibility index (Phi) is 5.88. The number of amides is 1. The number of anilines is 1. The summed E-state index contributed by atoms with van der Waals surface area (Å²) in [4.78, 5) is 37.7. The molecule has 0 aliphatic carbocycles. The Morgan fingerprint density at radius 2 is 1.82 bits per heavy atom. The lowest BCUT2D eigenvalue weighted by atomic mass is 9.95. The molecule has 0 radical (unpaired) electrons. The first kappa shape index (κ1) is 22.1. The van der Waals surface area contributed by atoms with E-state index in [1.165, 1.54) is 24.3 Å². The van der Waals surface area contributed by atoms with Gasteiger partial charge in [0.1, 0.15) is 16.5 Å². The van der Waals surface area contributed by atoms with E-state index >= 15 is 0 Å². The van der Waals surface area contributed by atoms with Gasteiger partial charge in [-0.25, -0.2) is 0 Å². The number of rotatable bonds is 6. The minimum atomic E-state index is -1.04. The summed E-state index contributed by atoms with van der Waals surface area (Å²) in [5, 5.41) is 30.8. The average molecular weight is 466 g/mol. The Morgan fingerprint density at radius 3 is 2.36 bits per heavy atom. The molecule has 1 aliphatic heterocycles. The molecule has 1 atom stereocenters. The predicted octanol–water partition coefficient (Wildman–Crippen LogP) is 3.78. The fraction of sp³-hybridized carbons (Fsp3) is 0.182. The molecule has 168 valence electrons. The number of Topliss-reactive ketones (excluding diaryl/α,β-unsaturated/α-hetero) is 1. The van der Waals surface area contributed by atoms with Gasteiger partial charge >= 0.3 is 5.91 Å². The third-order valence-corrected chi connectivity index (χ3v) is 5.86. The van der Waals surface area contributed by atoms with Crippen LogP contribution < -0.4 is 9.64 Å². The fourth-order valence-electron chi connectivity index (χ4n) is 3.54. The van der Waals surface area contributed by atoms with Crippen molar-refractivity contribution in [1.82, 2.24) is 10.2 Å². The van der Waals surface area contributed by atoms with Crippen molar-refractivity contribution in [3.05, 3.63) is 80.4 Å². The first-order chi connectivity index (χ1) is 15.8. The normalized spacial score (nSPS) is 17.4. The molecular formula is C22H18N4O6S. The number of nitro groups is 1. The van der Waals surface area contributed by atoms with Gasteiger partial charge in [0.2, 0.25) is 5.13 Å². The van der Waals surface area contributed by atoms with Crippen molar-refractivity contribution in [2.24, 2.45) is 0 Å². The maximum atomic E-state index is 13.1. The van der Waals surface area contributed by atoms with Crippen LogP contribution in [0.2, 0.25) is 0 Å². The van der Waals surface area contributed by atoms with E-state index in [-0.39, 0.29) is 22.2 Å². The fourth-order valence-corrected chi connectivity index (χ4v) is 4.25. The number of nitro benzene ring substituents is 1. The number of non-ortho nitro benzene ring substituents is 1. The second kappa shape index (κ2) is 8.79. The summed E-state index contributed by atoms with van der Waals surface area (Å²) in [6.45, 7) is 4.02. The summed E-state index contributed by atoms with van der Waals surface area (Å²) in [7, 11) is 0. The number of ether oxygens (including phenoxy) is 1. The van der Waals surface area contributed by atoms with Crippen molar-refractivity contribution in [3.8, 4) is 5.75 Å². The average Bonchev–Trinajstić information content (AvgIpc) is 3.34. The van der Waals surface area contributed by atoms with Crippen LogP contribution in [0.4, 0.5) is 10.8 Å². The van der Waals surface area contributed by atoms with Gasteiger partial charge in [-0.1, -0.05) is 11.3 Å². The minimum absolute atomic E-state index is 0.144. The van der Waals surface area contributed by atoms with Gasteiger partial charge in [0.05, 0.1) is 23.1 Å². The van der Waals surface area contributed by atoms with Crippen molar-refractivity contribution in [3.63, 3.8) is 0 Å². The van der Waals surface area contributed by atoms with E-state index in [2.05, 4.69) is 10.2 Å². The minimum Gasteiger partial charge on any atom is -0.507 e. The van der Waals surface area contributed by atoms with E-state index in [1.807, 2.05) is 6.92 Å². The number of aromatic nitrogens is 2. The highest BCUT2D eigenvalue weighted by Crippen LogP contribution is 2.43. The Morgan fingerprint density at radius 1 is 1.15 bits per heavy atom. The first-order valence-electron chi connectivity index (χ1n) is 9.90. The van der Waals surface area contributed by atoms with Crippen LogP contribution in [0, 0.1) is 17.0 Å². The van der Waals surface area contributed by atoms with Crippen LogP contribution in [-0.2, 0) is 9.59 Å². The highest BCUT2D eigenvalue weighted by molar-refractivity contribution is 7.15. The summed E-state index contributed by atoms with van der Waals surface area (Å²) >= 11 is 1.12. The smallest absolute Gasteiger partial charge is 0.301 e. The number of carbonyl (C=O) groups is 2. The molecule has 4 rings (SSSR count). The second-order valence-corrected chi connectivity index (χ2v) is 8.24. The van der Waals surface area contributed by atoms with E-state index in [4.69, 9.17) is 4.74 Å². The van der Waals surface area contributed by atoms with Crippen molar-refractivity contribution in [2.45, 2.75) is 19.9 Å². The van der Waals surface area contributed by atoms with Gasteiger partial charge in [0.15, 0.2) is 0 Å². The van der Waals surface area contributed by atoms with Gasteiger partial charge in [-0.3, -0.25) is 24.6 Å². The van der Waals surface area contributed by atoms with Crippen LogP contribution in [0.25, 0.3) is 5.76 Å². The van der Waals surface area contributed by atoms with Gasteiger partial charge in [-0.15, -0.1) is 10.2 Å². The molecular weight excluding hydrogens is 448 g/mol. The van der Waals surface area contributed by atoms with E-state index in [1.54, 1.807) is 31.2 Å². The molecule has 10 nitrogen and oxygen atoms in total. The zero-order valence-electron chi connectivity index (χ0n) is 17.6. The maximum absolute atomic E-state index is 13.1. The molecule has 0 spiro atoms. The molecule has 1 aromatic heterocycles. The molecule has 2 aromatic carbocycles. The number of aryl methyl sites for hydroxylation is 1. The summed E-state index contributed by atoms with van der Waals surface area (Å²) < 4.78 is 5.41. The molecule has 1 fully saturated rings. The van der Waals surface area contributed by atoms with E-state index < -0.39 is 22.7 Å². The molecule has 33 heavy (non-hydrogen) atoms. The molecule has 3 aromatic rings. The first-order valence-corrected chi connectivity index (χ1v) is 10.7. The SMILES string of the molecule is CCOc1ccc(C(O)=C2C(=O)C(=O)N(c3nnc(C)s3)[C@H]2c2ccc([N+](=O)[O-])cc2)cc1. The van der Waals surface area contributed by atoms with Crippen molar-refractivity contribution >= 4 is 39.6 Å². The number of benzene rings is 2. The van der Waals surface area contributed by atoms with Gasteiger partial charge < -0.3 is 9.84 Å². The zero-order valence-corrected chi connectivity index (χ0v) is 18.4. The molecule has 2 heterocycles. The summed E-state index contributed by atoms with van der Waals surface area (Å²) in [5.41, 5.74) is 0.428. The van der Waals surface area contributed by atoms with Gasteiger partial charge in [-0.05, 0) is 55.8 Å². The third-order valence-electron chi connectivity index (χ3n) is 5.02. The number of aliphatic hydroxyl groups is 1.